The van der Waals surface area contributed by atoms with Crippen molar-refractivity contribution < 1.29 is 19.4 Å². The minimum absolute atomic E-state index is 0.236. The number of carboxylic acids is 1. The summed E-state index contributed by atoms with van der Waals surface area (Å²) in [7, 11) is 0. The van der Waals surface area contributed by atoms with Crippen LogP contribution in [0.2, 0.25) is 0 Å². The van der Waals surface area contributed by atoms with Crippen molar-refractivity contribution in [3.8, 4) is 0 Å². The topological polar surface area (TPSA) is 63.6 Å². The molecule has 1 saturated heterocycles. The molecule has 1 N–H and O–H groups in total. The molecule has 0 aromatic rings. The number of unbranched alkanes of at least 4 members (excludes halogenated alkanes) is 3. The molecule has 2 atom stereocenters. The smallest absolute Gasteiger partial charge is 0.303 e. The highest BCUT2D eigenvalue weighted by molar-refractivity contribution is 5.78. The molecule has 1 aliphatic rings. The lowest BCUT2D eigenvalue weighted by atomic mass is 9.88. The zero-order chi connectivity index (χ0) is 16.9. The minimum Gasteiger partial charge on any atom is -0.481 e. The number of carbonyl (C=O) groups is 2. The first-order valence-corrected chi connectivity index (χ1v) is 9.09. The largest absolute Gasteiger partial charge is 0.481 e. The van der Waals surface area contributed by atoms with Gasteiger partial charge in [0.25, 0.3) is 0 Å². The predicted molar refractivity (Wildman–Crippen MR) is 91.4 cm³/mol. The van der Waals surface area contributed by atoms with Crippen molar-refractivity contribution in [1.82, 2.24) is 0 Å². The van der Waals surface area contributed by atoms with E-state index < -0.39 is 5.97 Å². The molecular weight excluding hydrogens is 292 g/mol. The van der Waals surface area contributed by atoms with Crippen LogP contribution in [0.25, 0.3) is 0 Å². The molecule has 1 aliphatic heterocycles. The van der Waals surface area contributed by atoms with Crippen LogP contribution in [-0.4, -0.2) is 30.1 Å². The number of ether oxygens (including phenoxy) is 1. The molecule has 0 amide bonds. The lowest BCUT2D eigenvalue weighted by Crippen LogP contribution is -2.13. The summed E-state index contributed by atoms with van der Waals surface area (Å²) in [5, 5.41) is 8.58. The number of carbonyl (C=O) groups excluding carboxylic acids is 1. The van der Waals surface area contributed by atoms with E-state index in [4.69, 9.17) is 9.84 Å². The minimum atomic E-state index is -0.730. The number of aliphatic carboxylic acids is 1. The number of carboxylic acid groups (broad SMARTS) is 1. The van der Waals surface area contributed by atoms with Gasteiger partial charge in [0.15, 0.2) is 0 Å². The van der Waals surface area contributed by atoms with Gasteiger partial charge < -0.3 is 9.84 Å². The third kappa shape index (κ3) is 9.54. The first kappa shape index (κ1) is 19.9. The number of ketones is 1. The van der Waals surface area contributed by atoms with Crippen molar-refractivity contribution in [1.29, 1.82) is 0 Å². The fourth-order valence-corrected chi connectivity index (χ4v) is 3.03. The lowest BCUT2D eigenvalue weighted by Gasteiger charge is -2.15. The van der Waals surface area contributed by atoms with Crippen LogP contribution in [0, 0.1) is 11.8 Å². The Morgan fingerprint density at radius 2 is 1.83 bits per heavy atom. The molecular formula is C19H32O4. The molecule has 1 rings (SSSR count). The van der Waals surface area contributed by atoms with E-state index in [2.05, 4.69) is 19.1 Å². The second-order valence-electron chi connectivity index (χ2n) is 6.59. The van der Waals surface area contributed by atoms with Gasteiger partial charge in [0.2, 0.25) is 0 Å². The maximum absolute atomic E-state index is 11.9. The van der Waals surface area contributed by atoms with E-state index >= 15 is 0 Å². The van der Waals surface area contributed by atoms with E-state index in [1.807, 2.05) is 0 Å². The van der Waals surface area contributed by atoms with Crippen LogP contribution in [-0.2, 0) is 14.3 Å². The van der Waals surface area contributed by atoms with Crippen LogP contribution in [0.4, 0.5) is 0 Å². The first-order valence-electron chi connectivity index (χ1n) is 9.09. The fourth-order valence-electron chi connectivity index (χ4n) is 3.03. The summed E-state index contributed by atoms with van der Waals surface area (Å²) in [4.78, 5) is 22.3. The molecule has 0 saturated carbocycles. The number of hydrogen-bond donors (Lipinski definition) is 1. The molecule has 132 valence electrons. The van der Waals surface area contributed by atoms with Gasteiger partial charge in [0.1, 0.15) is 5.78 Å². The SMILES string of the molecule is CCCCCC(=O)CC[C@@H]1COC[C@@H]1C/C=C\CCCC(=O)O. The van der Waals surface area contributed by atoms with Crippen LogP contribution in [0.1, 0.15) is 71.1 Å². The van der Waals surface area contributed by atoms with Crippen LogP contribution >= 0.6 is 0 Å². The van der Waals surface area contributed by atoms with E-state index in [9.17, 15) is 9.59 Å². The Bertz CT molecular complexity index is 376. The van der Waals surface area contributed by atoms with Gasteiger partial charge in [-0.05, 0) is 43.9 Å². The summed E-state index contributed by atoms with van der Waals surface area (Å²) >= 11 is 0. The number of allylic oxidation sites excluding steroid dienone is 2. The van der Waals surface area contributed by atoms with Crippen LogP contribution in [0.5, 0.6) is 0 Å². The third-order valence-corrected chi connectivity index (χ3v) is 4.55. The maximum atomic E-state index is 11.9. The third-order valence-electron chi connectivity index (χ3n) is 4.55. The van der Waals surface area contributed by atoms with Crippen molar-refractivity contribution in [2.75, 3.05) is 13.2 Å². The molecule has 0 aliphatic carbocycles. The Hall–Kier alpha value is -1.16. The summed E-state index contributed by atoms with van der Waals surface area (Å²) in [6.45, 7) is 3.72. The molecule has 0 bridgehead atoms. The highest BCUT2D eigenvalue weighted by atomic mass is 16.5. The molecule has 0 spiro atoms. The molecule has 23 heavy (non-hydrogen) atoms. The maximum Gasteiger partial charge on any atom is 0.303 e. The molecule has 0 unspecified atom stereocenters. The summed E-state index contributed by atoms with van der Waals surface area (Å²) < 4.78 is 5.59. The molecule has 4 nitrogen and oxygen atoms in total. The van der Waals surface area contributed by atoms with E-state index in [0.717, 1.165) is 58.2 Å². The monoisotopic (exact) mass is 324 g/mol. The highest BCUT2D eigenvalue weighted by Gasteiger charge is 2.27. The second-order valence-corrected chi connectivity index (χ2v) is 6.59. The predicted octanol–water partition coefficient (Wildman–Crippen LogP) is 4.38. The lowest BCUT2D eigenvalue weighted by molar-refractivity contribution is -0.137. The summed E-state index contributed by atoms with van der Waals surface area (Å²) in [5.41, 5.74) is 0. The molecule has 4 heteroatoms. The Kier molecular flexibility index (Phi) is 10.6. The normalized spacial score (nSPS) is 21.1. The van der Waals surface area contributed by atoms with Gasteiger partial charge in [0, 0.05) is 25.9 Å². The van der Waals surface area contributed by atoms with Gasteiger partial charge in [-0.2, -0.15) is 0 Å². The van der Waals surface area contributed by atoms with Gasteiger partial charge in [-0.15, -0.1) is 0 Å². The van der Waals surface area contributed by atoms with E-state index in [1.165, 1.54) is 0 Å². The van der Waals surface area contributed by atoms with Crippen LogP contribution in [0.15, 0.2) is 12.2 Å². The molecule has 1 fully saturated rings. The quantitative estimate of drug-likeness (QED) is 0.403. The average molecular weight is 324 g/mol. The Balaban J connectivity index is 2.16. The molecule has 0 aromatic heterocycles. The van der Waals surface area contributed by atoms with Crippen molar-refractivity contribution in [2.45, 2.75) is 71.1 Å². The summed E-state index contributed by atoms with van der Waals surface area (Å²) in [6, 6.07) is 0. The Labute approximate surface area is 140 Å². The summed E-state index contributed by atoms with van der Waals surface area (Å²) in [5.74, 6) is 0.669. The van der Waals surface area contributed by atoms with Crippen LogP contribution in [0.3, 0.4) is 0 Å². The zero-order valence-electron chi connectivity index (χ0n) is 14.5. The van der Waals surface area contributed by atoms with Gasteiger partial charge in [-0.3, -0.25) is 9.59 Å². The second kappa shape index (κ2) is 12.3. The van der Waals surface area contributed by atoms with Crippen molar-refractivity contribution in [2.24, 2.45) is 11.8 Å². The highest BCUT2D eigenvalue weighted by Crippen LogP contribution is 2.28. The standard InChI is InChI=1S/C19H32O4/c1-2-3-6-10-18(20)13-12-17-15-23-14-16(17)9-7-4-5-8-11-19(21)22/h4,7,16-17H,2-3,5-6,8-15H2,1H3,(H,21,22)/b7-4-/t16-,17+/m0/s1. The van der Waals surface area contributed by atoms with E-state index in [0.29, 0.717) is 30.5 Å². The van der Waals surface area contributed by atoms with Crippen LogP contribution < -0.4 is 0 Å². The number of hydrogen-bond acceptors (Lipinski definition) is 3. The first-order chi connectivity index (χ1) is 11.1. The molecule has 0 aromatic carbocycles. The summed E-state index contributed by atoms with van der Waals surface area (Å²) in [6.07, 6.45) is 12.7. The molecule has 1 heterocycles. The van der Waals surface area contributed by atoms with Crippen molar-refractivity contribution >= 4 is 11.8 Å². The average Bonchev–Trinajstić information content (AvgIpc) is 2.96. The fraction of sp³-hybridized carbons (Fsp3) is 0.789. The van der Waals surface area contributed by atoms with Gasteiger partial charge >= 0.3 is 5.97 Å². The van der Waals surface area contributed by atoms with Gasteiger partial charge in [-0.25, -0.2) is 0 Å². The molecule has 0 radical (unpaired) electrons. The number of Topliss-reactive ketones (excluding diaryl/α,β-unsaturated/α-hetero) is 1. The Morgan fingerprint density at radius 3 is 2.57 bits per heavy atom. The van der Waals surface area contributed by atoms with Gasteiger partial charge in [0.05, 0.1) is 6.61 Å². The zero-order valence-corrected chi connectivity index (χ0v) is 14.5. The van der Waals surface area contributed by atoms with Crippen molar-refractivity contribution in [3.63, 3.8) is 0 Å². The van der Waals surface area contributed by atoms with E-state index in [-0.39, 0.29) is 6.42 Å². The van der Waals surface area contributed by atoms with E-state index in [1.54, 1.807) is 0 Å². The number of rotatable bonds is 13. The van der Waals surface area contributed by atoms with Crippen molar-refractivity contribution in [3.05, 3.63) is 12.2 Å². The van der Waals surface area contributed by atoms with Gasteiger partial charge in [-0.1, -0.05) is 31.9 Å². The Morgan fingerprint density at radius 1 is 1.04 bits per heavy atom.